The van der Waals surface area contributed by atoms with E-state index >= 15 is 8.78 Å². The summed E-state index contributed by atoms with van der Waals surface area (Å²) >= 11 is 5.96. The standard InChI is InChI=1S/C40H40ClF2N7O4/c1-45-38(52)36-31(17-25-7-8-25)48-37(47-21-26-13-15-49(16-14-26)34(51)18-24-5-3-2-4-6-24)30(20-44)35(36)27-9-12-32-33(19-27)54-40(42,43)39(53)50(32)23-29-11-10-28(41)22-46-29/h2-6,9-12,19-20,22,25-26,44H,7-8,13-18,21,23H2,1H3,(H,45,52)(H,47,48). The van der Waals surface area contributed by atoms with Crippen LogP contribution in [0.2, 0.25) is 5.02 Å². The third-order valence-electron chi connectivity index (χ3n) is 10.2. The fourth-order valence-electron chi connectivity index (χ4n) is 7.09. The molecular formula is C40H40ClF2N7O4. The van der Waals surface area contributed by atoms with Crippen LogP contribution in [0, 0.1) is 17.2 Å². The molecule has 14 heteroatoms. The van der Waals surface area contributed by atoms with Crippen LogP contribution in [0.25, 0.3) is 11.1 Å². The fourth-order valence-corrected chi connectivity index (χ4v) is 7.20. The van der Waals surface area contributed by atoms with Gasteiger partial charge in [0.15, 0.2) is 5.75 Å². The van der Waals surface area contributed by atoms with Gasteiger partial charge in [-0.2, -0.15) is 8.78 Å². The number of fused-ring (bicyclic) bond motifs is 1. The van der Waals surface area contributed by atoms with Crippen molar-refractivity contribution in [2.75, 3.05) is 36.9 Å². The summed E-state index contributed by atoms with van der Waals surface area (Å²) in [5, 5.41) is 15.0. The number of hydrogen-bond acceptors (Lipinski definition) is 8. The van der Waals surface area contributed by atoms with Crippen molar-refractivity contribution < 1.29 is 27.9 Å². The van der Waals surface area contributed by atoms with E-state index in [-0.39, 0.29) is 35.4 Å². The van der Waals surface area contributed by atoms with E-state index in [1.54, 1.807) is 18.2 Å². The van der Waals surface area contributed by atoms with Crippen LogP contribution in [0.5, 0.6) is 5.75 Å². The Hall–Kier alpha value is -5.43. The zero-order chi connectivity index (χ0) is 38.0. The number of rotatable bonds is 12. The van der Waals surface area contributed by atoms with Crippen LogP contribution in [0.1, 0.15) is 58.6 Å². The number of hydrogen-bond donors (Lipinski definition) is 3. The molecule has 4 aromatic rings. The summed E-state index contributed by atoms with van der Waals surface area (Å²) in [7, 11) is 1.50. The van der Waals surface area contributed by atoms with Gasteiger partial charge in [-0.05, 0) is 79.3 Å². The Morgan fingerprint density at radius 2 is 1.81 bits per heavy atom. The maximum atomic E-state index is 15.2. The predicted molar refractivity (Wildman–Crippen MR) is 201 cm³/mol. The Kier molecular flexibility index (Phi) is 10.6. The molecule has 2 fully saturated rings. The average Bonchev–Trinajstić information content (AvgIpc) is 4.00. The van der Waals surface area contributed by atoms with Crippen LogP contribution >= 0.6 is 11.6 Å². The van der Waals surface area contributed by atoms with Gasteiger partial charge >= 0.3 is 12.0 Å². The molecule has 1 saturated heterocycles. The number of anilines is 2. The van der Waals surface area contributed by atoms with Crippen molar-refractivity contribution in [3.05, 3.63) is 100.0 Å². The largest absolute Gasteiger partial charge is 0.482 e. The second kappa shape index (κ2) is 15.5. The predicted octanol–water partition coefficient (Wildman–Crippen LogP) is 6.52. The zero-order valence-corrected chi connectivity index (χ0v) is 30.5. The van der Waals surface area contributed by atoms with Gasteiger partial charge in [-0.1, -0.05) is 48.0 Å². The first-order valence-corrected chi connectivity index (χ1v) is 18.4. The summed E-state index contributed by atoms with van der Waals surface area (Å²) in [5.74, 6) is -1.17. The van der Waals surface area contributed by atoms with Gasteiger partial charge in [0.25, 0.3) is 5.91 Å². The van der Waals surface area contributed by atoms with Gasteiger partial charge < -0.3 is 25.7 Å². The smallest absolute Gasteiger partial charge is 0.423 e. The quantitative estimate of drug-likeness (QED) is 0.140. The first-order valence-electron chi connectivity index (χ1n) is 18.0. The molecule has 2 aromatic heterocycles. The number of carbonyl (C=O) groups excluding carboxylic acids is 3. The Labute approximate surface area is 316 Å². The molecule has 54 heavy (non-hydrogen) atoms. The summed E-state index contributed by atoms with van der Waals surface area (Å²) in [6, 6.07) is 17.3. The molecule has 3 amide bonds. The summed E-state index contributed by atoms with van der Waals surface area (Å²) in [4.78, 5) is 51.4. The Morgan fingerprint density at radius 3 is 2.48 bits per heavy atom. The lowest BCUT2D eigenvalue weighted by Gasteiger charge is -2.34. The Balaban J connectivity index is 1.19. The first kappa shape index (κ1) is 36.9. The molecule has 280 valence electrons. The molecule has 4 heterocycles. The number of pyridine rings is 2. The highest BCUT2D eigenvalue weighted by atomic mass is 35.5. The van der Waals surface area contributed by atoms with Crippen molar-refractivity contribution in [2.24, 2.45) is 11.8 Å². The van der Waals surface area contributed by atoms with Gasteiger partial charge in [0.2, 0.25) is 5.91 Å². The van der Waals surface area contributed by atoms with E-state index < -0.39 is 17.9 Å². The normalized spacial score (nSPS) is 16.7. The Bertz CT molecular complexity index is 2070. The molecule has 2 aliphatic heterocycles. The highest BCUT2D eigenvalue weighted by Gasteiger charge is 2.50. The summed E-state index contributed by atoms with van der Waals surface area (Å²) < 4.78 is 35.3. The molecule has 0 radical (unpaired) electrons. The van der Waals surface area contributed by atoms with E-state index in [4.69, 9.17) is 26.7 Å². The average molecular weight is 756 g/mol. The van der Waals surface area contributed by atoms with Gasteiger partial charge in [0.05, 0.1) is 40.6 Å². The van der Waals surface area contributed by atoms with Crippen molar-refractivity contribution in [1.29, 1.82) is 5.41 Å². The summed E-state index contributed by atoms with van der Waals surface area (Å²) in [5.41, 5.74) is 3.20. The van der Waals surface area contributed by atoms with Crippen LogP contribution in [-0.4, -0.2) is 71.6 Å². The molecule has 11 nitrogen and oxygen atoms in total. The second-order valence-corrected chi connectivity index (χ2v) is 14.4. The number of ether oxygens (including phenoxy) is 1. The number of nitrogens with one attached hydrogen (secondary N) is 3. The second-order valence-electron chi connectivity index (χ2n) is 14.0. The number of carbonyl (C=O) groups is 3. The van der Waals surface area contributed by atoms with E-state index in [9.17, 15) is 14.4 Å². The van der Waals surface area contributed by atoms with Crippen molar-refractivity contribution in [2.45, 2.75) is 51.2 Å². The lowest BCUT2D eigenvalue weighted by Crippen LogP contribution is -2.50. The minimum Gasteiger partial charge on any atom is -0.423 e. The van der Waals surface area contributed by atoms with Crippen LogP contribution in [-0.2, 0) is 29.0 Å². The van der Waals surface area contributed by atoms with E-state index in [0.29, 0.717) is 77.3 Å². The van der Waals surface area contributed by atoms with Crippen LogP contribution in [0.15, 0.2) is 66.9 Å². The Morgan fingerprint density at radius 1 is 1.06 bits per heavy atom. The van der Waals surface area contributed by atoms with E-state index in [0.717, 1.165) is 42.4 Å². The first-order chi connectivity index (χ1) is 26.0. The minimum absolute atomic E-state index is 0.0976. The molecule has 0 spiro atoms. The van der Waals surface area contributed by atoms with Crippen molar-refractivity contribution in [3.8, 4) is 16.9 Å². The molecule has 1 saturated carbocycles. The van der Waals surface area contributed by atoms with Crippen molar-refractivity contribution in [3.63, 3.8) is 0 Å². The molecule has 1 aliphatic carbocycles. The van der Waals surface area contributed by atoms with Crippen molar-refractivity contribution in [1.82, 2.24) is 20.2 Å². The number of amides is 3. The number of likely N-dealkylation sites (tertiary alicyclic amines) is 1. The molecule has 0 atom stereocenters. The lowest BCUT2D eigenvalue weighted by atomic mass is 9.91. The fraction of sp³-hybridized carbons (Fsp3) is 0.350. The summed E-state index contributed by atoms with van der Waals surface area (Å²) in [6.07, 6.45) is 2.75. The highest BCUT2D eigenvalue weighted by molar-refractivity contribution is 6.30. The van der Waals surface area contributed by atoms with Gasteiger partial charge in [-0.15, -0.1) is 0 Å². The van der Waals surface area contributed by atoms with Crippen LogP contribution in [0.3, 0.4) is 0 Å². The number of nitrogens with zero attached hydrogens (tertiary/aromatic N) is 4. The number of benzene rings is 2. The van der Waals surface area contributed by atoms with E-state index in [1.165, 1.54) is 25.4 Å². The number of alkyl halides is 2. The van der Waals surface area contributed by atoms with Crippen molar-refractivity contribution >= 4 is 47.0 Å². The van der Waals surface area contributed by atoms with Gasteiger partial charge in [-0.25, -0.2) is 4.98 Å². The molecule has 2 aromatic carbocycles. The molecule has 0 bridgehead atoms. The van der Waals surface area contributed by atoms with E-state index in [1.807, 2.05) is 35.2 Å². The van der Waals surface area contributed by atoms with Gasteiger partial charge in [0, 0.05) is 50.2 Å². The lowest BCUT2D eigenvalue weighted by molar-refractivity contribution is -0.193. The zero-order valence-electron chi connectivity index (χ0n) is 29.7. The monoisotopic (exact) mass is 755 g/mol. The van der Waals surface area contributed by atoms with E-state index in [2.05, 4.69) is 15.6 Å². The summed E-state index contributed by atoms with van der Waals surface area (Å²) in [6.45, 7) is 1.52. The van der Waals surface area contributed by atoms with Crippen LogP contribution in [0.4, 0.5) is 20.3 Å². The topological polar surface area (TPSA) is 141 Å². The maximum Gasteiger partial charge on any atom is 0.482 e. The molecule has 0 unspecified atom stereocenters. The molecule has 3 N–H and O–H groups in total. The van der Waals surface area contributed by atoms with Gasteiger partial charge in [-0.3, -0.25) is 24.3 Å². The van der Waals surface area contributed by atoms with Gasteiger partial charge in [0.1, 0.15) is 5.82 Å². The highest BCUT2D eigenvalue weighted by Crippen LogP contribution is 2.45. The number of aromatic nitrogens is 2. The third kappa shape index (κ3) is 7.91. The molecule has 7 rings (SSSR count). The molecular weight excluding hydrogens is 716 g/mol. The maximum absolute atomic E-state index is 15.2. The number of halogens is 3. The third-order valence-corrected chi connectivity index (χ3v) is 10.4. The number of piperidine rings is 1. The SMILES string of the molecule is CNC(=O)c1c(CC2CC2)nc(NCC2CCN(C(=O)Cc3ccccc3)CC2)c(C=N)c1-c1ccc2c(c1)OC(F)(F)C(=O)N2Cc1ccc(Cl)cn1. The molecule has 3 aliphatic rings. The van der Waals surface area contributed by atoms with Crippen LogP contribution < -0.4 is 20.3 Å². The minimum atomic E-state index is -4.17.